The normalized spacial score (nSPS) is 11.7. The van der Waals surface area contributed by atoms with Crippen molar-refractivity contribution in [3.05, 3.63) is 36.8 Å². The van der Waals surface area contributed by atoms with Crippen molar-refractivity contribution in [3.8, 4) is 5.82 Å². The van der Waals surface area contributed by atoms with Gasteiger partial charge >= 0.3 is 0 Å². The average Bonchev–Trinajstić information content (AvgIpc) is 2.95. The van der Waals surface area contributed by atoms with Crippen LogP contribution in [0.4, 0.5) is 0 Å². The van der Waals surface area contributed by atoms with Gasteiger partial charge in [-0.3, -0.25) is 0 Å². The number of aromatic nitrogens is 3. The summed E-state index contributed by atoms with van der Waals surface area (Å²) >= 11 is 0. The lowest BCUT2D eigenvalue weighted by atomic mass is 10.5. The molecule has 108 valence electrons. The van der Waals surface area contributed by atoms with E-state index < -0.39 is 10.0 Å². The second kappa shape index (κ2) is 6.60. The van der Waals surface area contributed by atoms with Crippen molar-refractivity contribution in [2.24, 2.45) is 0 Å². The molecule has 0 atom stereocenters. The van der Waals surface area contributed by atoms with E-state index in [0.717, 1.165) is 0 Å². The van der Waals surface area contributed by atoms with Crippen LogP contribution in [0, 0.1) is 0 Å². The molecule has 2 rings (SSSR count). The number of rotatable bonds is 7. The summed E-state index contributed by atoms with van der Waals surface area (Å²) in [6, 6.07) is 5.33. The van der Waals surface area contributed by atoms with Crippen LogP contribution in [-0.2, 0) is 14.8 Å². The lowest BCUT2D eigenvalue weighted by Gasteiger charge is -2.03. The molecule has 8 heteroatoms. The summed E-state index contributed by atoms with van der Waals surface area (Å²) in [5, 5.41) is 4.01. The molecule has 2 aromatic heterocycles. The number of nitrogens with zero attached hydrogens (tertiary/aromatic N) is 3. The summed E-state index contributed by atoms with van der Waals surface area (Å²) in [6.45, 7) is 0.834. The molecular weight excluding hydrogens is 280 g/mol. The number of methoxy groups -OCH3 is 1. The van der Waals surface area contributed by atoms with Crippen LogP contribution in [0.3, 0.4) is 0 Å². The summed E-state index contributed by atoms with van der Waals surface area (Å²) in [4.78, 5) is 4.21. The van der Waals surface area contributed by atoms with Crippen LogP contribution < -0.4 is 4.72 Å². The molecule has 0 saturated heterocycles. The minimum Gasteiger partial charge on any atom is -0.385 e. The maximum Gasteiger partial charge on any atom is 0.243 e. The Labute approximate surface area is 117 Å². The molecule has 0 spiro atoms. The van der Waals surface area contributed by atoms with E-state index in [1.807, 2.05) is 0 Å². The first-order valence-electron chi connectivity index (χ1n) is 6.08. The lowest BCUT2D eigenvalue weighted by molar-refractivity contribution is 0.196. The van der Waals surface area contributed by atoms with E-state index in [9.17, 15) is 8.42 Å². The van der Waals surface area contributed by atoms with Gasteiger partial charge in [0, 0.05) is 26.5 Å². The third-order valence-corrected chi connectivity index (χ3v) is 3.99. The Morgan fingerprint density at radius 1 is 1.40 bits per heavy atom. The number of hydrogen-bond donors (Lipinski definition) is 1. The minimum absolute atomic E-state index is 0.112. The zero-order valence-corrected chi connectivity index (χ0v) is 11.9. The Kier molecular flexibility index (Phi) is 4.83. The van der Waals surface area contributed by atoms with Crippen LogP contribution >= 0.6 is 0 Å². The molecule has 20 heavy (non-hydrogen) atoms. The average molecular weight is 296 g/mol. The Bertz CT molecular complexity index is 640. The number of ether oxygens (including phenoxy) is 1. The fourth-order valence-electron chi connectivity index (χ4n) is 1.57. The number of pyridine rings is 1. The van der Waals surface area contributed by atoms with Gasteiger partial charge in [0.2, 0.25) is 10.0 Å². The van der Waals surface area contributed by atoms with Crippen molar-refractivity contribution >= 4 is 10.0 Å². The molecule has 0 saturated carbocycles. The largest absolute Gasteiger partial charge is 0.385 e. The number of nitrogens with one attached hydrogen (secondary N) is 1. The standard InChI is InChI=1S/C12H16N4O3S/c1-19-8-4-7-15-20(17,18)11-9-14-16(10-11)12-5-2-3-6-13-12/h2-3,5-6,9-10,15H,4,7-8H2,1H3. The van der Waals surface area contributed by atoms with Gasteiger partial charge < -0.3 is 4.74 Å². The van der Waals surface area contributed by atoms with Crippen molar-refractivity contribution in [1.82, 2.24) is 19.5 Å². The molecular formula is C12H16N4O3S. The van der Waals surface area contributed by atoms with Gasteiger partial charge in [0.15, 0.2) is 5.82 Å². The number of hydrogen-bond acceptors (Lipinski definition) is 5. The molecule has 0 radical (unpaired) electrons. The van der Waals surface area contributed by atoms with E-state index >= 15 is 0 Å². The summed E-state index contributed by atoms with van der Waals surface area (Å²) in [5.41, 5.74) is 0. The van der Waals surface area contributed by atoms with Crippen LogP contribution in [0.15, 0.2) is 41.7 Å². The van der Waals surface area contributed by atoms with Gasteiger partial charge in [0.1, 0.15) is 4.90 Å². The first-order chi connectivity index (χ1) is 9.63. The molecule has 2 heterocycles. The van der Waals surface area contributed by atoms with E-state index in [0.29, 0.717) is 25.4 Å². The quantitative estimate of drug-likeness (QED) is 0.755. The number of sulfonamides is 1. The van der Waals surface area contributed by atoms with E-state index in [1.54, 1.807) is 31.5 Å². The highest BCUT2D eigenvalue weighted by molar-refractivity contribution is 7.89. The van der Waals surface area contributed by atoms with Crippen LogP contribution in [0.25, 0.3) is 5.82 Å². The maximum absolute atomic E-state index is 12.0. The maximum atomic E-state index is 12.0. The summed E-state index contributed by atoms with van der Waals surface area (Å²) in [7, 11) is -1.97. The monoisotopic (exact) mass is 296 g/mol. The van der Waals surface area contributed by atoms with Gasteiger partial charge in [-0.2, -0.15) is 5.10 Å². The van der Waals surface area contributed by atoms with E-state index in [4.69, 9.17) is 4.74 Å². The van der Waals surface area contributed by atoms with Gasteiger partial charge in [-0.15, -0.1) is 0 Å². The van der Waals surface area contributed by atoms with Crippen molar-refractivity contribution in [2.45, 2.75) is 11.3 Å². The first kappa shape index (κ1) is 14.6. The van der Waals surface area contributed by atoms with Crippen molar-refractivity contribution in [2.75, 3.05) is 20.3 Å². The Hall–Kier alpha value is -1.77. The third kappa shape index (κ3) is 3.62. The summed E-state index contributed by atoms with van der Waals surface area (Å²) in [5.74, 6) is 0.563. The Morgan fingerprint density at radius 2 is 2.25 bits per heavy atom. The lowest BCUT2D eigenvalue weighted by Crippen LogP contribution is -2.25. The van der Waals surface area contributed by atoms with E-state index in [2.05, 4.69) is 14.8 Å². The van der Waals surface area contributed by atoms with Crippen LogP contribution in [0.1, 0.15) is 6.42 Å². The van der Waals surface area contributed by atoms with Gasteiger partial charge in [0.25, 0.3) is 0 Å². The molecule has 0 aromatic carbocycles. The SMILES string of the molecule is COCCCNS(=O)(=O)c1cnn(-c2ccccn2)c1. The van der Waals surface area contributed by atoms with E-state index in [-0.39, 0.29) is 4.90 Å². The molecule has 0 aliphatic rings. The molecule has 2 aromatic rings. The summed E-state index contributed by atoms with van der Waals surface area (Å²) < 4.78 is 32.8. The molecule has 0 bridgehead atoms. The van der Waals surface area contributed by atoms with Gasteiger partial charge in [0.05, 0.1) is 12.4 Å². The van der Waals surface area contributed by atoms with Crippen molar-refractivity contribution < 1.29 is 13.2 Å². The molecule has 1 N–H and O–H groups in total. The summed E-state index contributed by atoms with van der Waals surface area (Å²) in [6.07, 6.45) is 4.96. The fourth-order valence-corrected chi connectivity index (χ4v) is 2.57. The van der Waals surface area contributed by atoms with Gasteiger partial charge in [-0.05, 0) is 18.6 Å². The Balaban J connectivity index is 2.08. The molecule has 7 nitrogen and oxygen atoms in total. The molecule has 0 aliphatic carbocycles. The highest BCUT2D eigenvalue weighted by Crippen LogP contribution is 2.10. The zero-order chi connectivity index (χ0) is 14.4. The third-order valence-electron chi connectivity index (χ3n) is 2.57. The Morgan fingerprint density at radius 3 is 2.95 bits per heavy atom. The topological polar surface area (TPSA) is 86.1 Å². The van der Waals surface area contributed by atoms with Crippen molar-refractivity contribution in [3.63, 3.8) is 0 Å². The molecule has 0 fully saturated rings. The molecule has 0 amide bonds. The fraction of sp³-hybridized carbons (Fsp3) is 0.333. The first-order valence-corrected chi connectivity index (χ1v) is 7.56. The van der Waals surface area contributed by atoms with Gasteiger partial charge in [-0.25, -0.2) is 22.8 Å². The minimum atomic E-state index is -3.54. The van der Waals surface area contributed by atoms with Gasteiger partial charge in [-0.1, -0.05) is 6.07 Å². The molecule has 0 aliphatic heterocycles. The zero-order valence-electron chi connectivity index (χ0n) is 11.1. The molecule has 0 unspecified atom stereocenters. The van der Waals surface area contributed by atoms with Crippen LogP contribution in [-0.4, -0.2) is 43.4 Å². The highest BCUT2D eigenvalue weighted by atomic mass is 32.2. The smallest absolute Gasteiger partial charge is 0.243 e. The second-order valence-electron chi connectivity index (χ2n) is 4.05. The van der Waals surface area contributed by atoms with Crippen LogP contribution in [0.5, 0.6) is 0 Å². The van der Waals surface area contributed by atoms with Crippen LogP contribution in [0.2, 0.25) is 0 Å². The van der Waals surface area contributed by atoms with E-state index in [1.165, 1.54) is 17.1 Å². The predicted octanol–water partition coefficient (Wildman–Crippen LogP) is 0.582. The predicted molar refractivity (Wildman–Crippen MR) is 73.0 cm³/mol. The second-order valence-corrected chi connectivity index (χ2v) is 5.82. The highest BCUT2D eigenvalue weighted by Gasteiger charge is 2.16. The van der Waals surface area contributed by atoms with Crippen molar-refractivity contribution in [1.29, 1.82) is 0 Å².